The van der Waals surface area contributed by atoms with Gasteiger partial charge in [-0.3, -0.25) is 4.79 Å². The number of Topliss-reactive ketones (excluding diaryl/α,β-unsaturated/α-hetero) is 1. The summed E-state index contributed by atoms with van der Waals surface area (Å²) in [7, 11) is -3.16. The molecule has 2 aliphatic rings. The zero-order chi connectivity index (χ0) is 10.9. The van der Waals surface area contributed by atoms with Crippen LogP contribution in [0.4, 0.5) is 0 Å². The van der Waals surface area contributed by atoms with Crippen LogP contribution in [0, 0.1) is 0 Å². The molecule has 1 unspecified atom stereocenters. The van der Waals surface area contributed by atoms with Crippen LogP contribution < -0.4 is 0 Å². The van der Waals surface area contributed by atoms with Crippen LogP contribution in [0.15, 0.2) is 0 Å². The van der Waals surface area contributed by atoms with Crippen LogP contribution in [0.3, 0.4) is 0 Å². The Balaban J connectivity index is 2.16. The fourth-order valence-electron chi connectivity index (χ4n) is 2.75. The largest absolute Gasteiger partial charge is 0.298 e. The summed E-state index contributed by atoms with van der Waals surface area (Å²) in [5.74, 6) is -0.0341. The first-order valence-corrected chi connectivity index (χ1v) is 7.49. The second-order valence-electron chi connectivity index (χ2n) is 4.70. The molecule has 0 saturated heterocycles. The van der Waals surface area contributed by atoms with E-state index in [0.29, 0.717) is 12.8 Å². The molecule has 2 rings (SSSR count). The minimum atomic E-state index is -3.16. The van der Waals surface area contributed by atoms with Gasteiger partial charge in [0.1, 0.15) is 5.25 Å². The fraction of sp³-hybridized carbons (Fsp3) is 0.909. The van der Waals surface area contributed by atoms with Gasteiger partial charge in [-0.15, -0.1) is 0 Å². The van der Waals surface area contributed by atoms with Crippen molar-refractivity contribution < 1.29 is 13.2 Å². The third kappa shape index (κ3) is 2.10. The molecular formula is C11H18O3S. The van der Waals surface area contributed by atoms with Crippen LogP contribution in [0.2, 0.25) is 0 Å². The number of sulfone groups is 1. The first-order valence-electron chi connectivity index (χ1n) is 5.88. The van der Waals surface area contributed by atoms with E-state index in [4.69, 9.17) is 0 Å². The highest BCUT2D eigenvalue weighted by Crippen LogP contribution is 2.31. The van der Waals surface area contributed by atoms with Crippen molar-refractivity contribution >= 4 is 15.6 Å². The molecule has 0 aromatic rings. The normalized spacial score (nSPS) is 29.6. The standard InChI is InChI=1S/C11H18O3S/c12-10-7-3-4-8-11(10)15(13,14)9-5-1-2-6-9/h9,11H,1-8H2. The minimum absolute atomic E-state index is 0.0341. The van der Waals surface area contributed by atoms with Gasteiger partial charge < -0.3 is 0 Å². The zero-order valence-electron chi connectivity index (χ0n) is 8.94. The van der Waals surface area contributed by atoms with E-state index in [-0.39, 0.29) is 11.0 Å². The highest BCUT2D eigenvalue weighted by molar-refractivity contribution is 7.93. The monoisotopic (exact) mass is 230 g/mol. The average molecular weight is 230 g/mol. The van der Waals surface area contributed by atoms with Crippen molar-refractivity contribution in [3.05, 3.63) is 0 Å². The Hall–Kier alpha value is -0.380. The molecule has 0 bridgehead atoms. The van der Waals surface area contributed by atoms with Crippen LogP contribution in [-0.4, -0.2) is 24.7 Å². The number of hydrogen-bond acceptors (Lipinski definition) is 3. The predicted octanol–water partition coefficient (Wildman–Crippen LogP) is 1.86. The second-order valence-corrected chi connectivity index (χ2v) is 7.11. The smallest absolute Gasteiger partial charge is 0.163 e. The Kier molecular flexibility index (Phi) is 3.14. The summed E-state index contributed by atoms with van der Waals surface area (Å²) in [4.78, 5) is 11.6. The predicted molar refractivity (Wildman–Crippen MR) is 58.4 cm³/mol. The molecule has 0 heterocycles. The van der Waals surface area contributed by atoms with Crippen LogP contribution in [0.25, 0.3) is 0 Å². The molecule has 0 aromatic heterocycles. The summed E-state index contributed by atoms with van der Waals surface area (Å²) < 4.78 is 24.4. The SMILES string of the molecule is O=C1CCCCC1S(=O)(=O)C1CCCC1. The summed E-state index contributed by atoms with van der Waals surface area (Å²) in [5.41, 5.74) is 0. The molecule has 1 atom stereocenters. The highest BCUT2D eigenvalue weighted by atomic mass is 32.2. The molecule has 15 heavy (non-hydrogen) atoms. The topological polar surface area (TPSA) is 51.2 Å². The van der Waals surface area contributed by atoms with E-state index in [0.717, 1.165) is 38.5 Å². The van der Waals surface area contributed by atoms with Gasteiger partial charge in [0.15, 0.2) is 15.6 Å². The molecular weight excluding hydrogens is 212 g/mol. The van der Waals surface area contributed by atoms with Gasteiger partial charge in [0.05, 0.1) is 5.25 Å². The molecule has 0 amide bonds. The maximum atomic E-state index is 12.2. The van der Waals surface area contributed by atoms with Crippen LogP contribution in [0.5, 0.6) is 0 Å². The molecule has 2 fully saturated rings. The molecule has 2 aliphatic carbocycles. The molecule has 86 valence electrons. The van der Waals surface area contributed by atoms with Crippen molar-refractivity contribution in [3.63, 3.8) is 0 Å². The van der Waals surface area contributed by atoms with Gasteiger partial charge in [0.25, 0.3) is 0 Å². The first-order chi connectivity index (χ1) is 7.12. The van der Waals surface area contributed by atoms with E-state index in [1.54, 1.807) is 0 Å². The quantitative estimate of drug-likeness (QED) is 0.727. The van der Waals surface area contributed by atoms with Gasteiger partial charge in [0.2, 0.25) is 0 Å². The van der Waals surface area contributed by atoms with E-state index in [1.807, 2.05) is 0 Å². The van der Waals surface area contributed by atoms with E-state index >= 15 is 0 Å². The van der Waals surface area contributed by atoms with Crippen molar-refractivity contribution in [1.82, 2.24) is 0 Å². The van der Waals surface area contributed by atoms with Crippen molar-refractivity contribution in [3.8, 4) is 0 Å². The van der Waals surface area contributed by atoms with E-state index < -0.39 is 15.1 Å². The molecule has 0 aliphatic heterocycles. The third-order valence-electron chi connectivity index (χ3n) is 3.66. The Morgan fingerprint density at radius 3 is 2.13 bits per heavy atom. The van der Waals surface area contributed by atoms with E-state index in [2.05, 4.69) is 0 Å². The Morgan fingerprint density at radius 2 is 1.53 bits per heavy atom. The zero-order valence-corrected chi connectivity index (χ0v) is 9.76. The van der Waals surface area contributed by atoms with Gasteiger partial charge >= 0.3 is 0 Å². The minimum Gasteiger partial charge on any atom is -0.298 e. The summed E-state index contributed by atoms with van der Waals surface area (Å²) in [5, 5.41) is -0.876. The lowest BCUT2D eigenvalue weighted by Crippen LogP contribution is -2.38. The number of carbonyl (C=O) groups is 1. The first kappa shape index (κ1) is 11.1. The van der Waals surface area contributed by atoms with Crippen molar-refractivity contribution in [2.75, 3.05) is 0 Å². The Bertz CT molecular complexity index is 339. The average Bonchev–Trinajstić information content (AvgIpc) is 2.71. The second kappa shape index (κ2) is 4.24. The molecule has 4 heteroatoms. The molecule has 0 N–H and O–H groups in total. The maximum Gasteiger partial charge on any atom is 0.163 e. The van der Waals surface area contributed by atoms with Crippen LogP contribution >= 0.6 is 0 Å². The summed E-state index contributed by atoms with van der Waals surface area (Å²) in [6, 6.07) is 0. The Labute approximate surface area is 91.2 Å². The summed E-state index contributed by atoms with van der Waals surface area (Å²) in [6.07, 6.45) is 6.35. The Morgan fingerprint density at radius 1 is 0.933 bits per heavy atom. The van der Waals surface area contributed by atoms with Gasteiger partial charge in [-0.05, 0) is 25.7 Å². The number of hydrogen-bond donors (Lipinski definition) is 0. The molecule has 0 aromatic carbocycles. The lowest BCUT2D eigenvalue weighted by atomic mass is 9.99. The number of carbonyl (C=O) groups excluding carboxylic acids is 1. The van der Waals surface area contributed by atoms with Gasteiger partial charge in [0, 0.05) is 6.42 Å². The summed E-state index contributed by atoms with van der Waals surface area (Å²) in [6.45, 7) is 0. The van der Waals surface area contributed by atoms with Crippen molar-refractivity contribution in [2.24, 2.45) is 0 Å². The van der Waals surface area contributed by atoms with Crippen molar-refractivity contribution in [1.29, 1.82) is 0 Å². The van der Waals surface area contributed by atoms with Crippen LogP contribution in [0.1, 0.15) is 51.4 Å². The van der Waals surface area contributed by atoms with E-state index in [9.17, 15) is 13.2 Å². The number of ketones is 1. The van der Waals surface area contributed by atoms with Gasteiger partial charge in [-0.25, -0.2) is 8.42 Å². The van der Waals surface area contributed by atoms with Crippen LogP contribution in [-0.2, 0) is 14.6 Å². The lowest BCUT2D eigenvalue weighted by Gasteiger charge is -2.23. The lowest BCUT2D eigenvalue weighted by molar-refractivity contribution is -0.119. The highest BCUT2D eigenvalue weighted by Gasteiger charge is 2.40. The van der Waals surface area contributed by atoms with Gasteiger partial charge in [-0.2, -0.15) is 0 Å². The third-order valence-corrected chi connectivity index (χ3v) is 6.35. The van der Waals surface area contributed by atoms with Gasteiger partial charge in [-0.1, -0.05) is 19.3 Å². The van der Waals surface area contributed by atoms with Crippen molar-refractivity contribution in [2.45, 2.75) is 61.9 Å². The molecule has 0 spiro atoms. The fourth-order valence-corrected chi connectivity index (χ4v) is 5.18. The molecule has 3 nitrogen and oxygen atoms in total. The molecule has 0 radical (unpaired) electrons. The summed E-state index contributed by atoms with van der Waals surface area (Å²) >= 11 is 0. The number of rotatable bonds is 2. The molecule has 2 saturated carbocycles. The van der Waals surface area contributed by atoms with E-state index in [1.165, 1.54) is 0 Å². The maximum absolute atomic E-state index is 12.2.